The van der Waals surface area contributed by atoms with E-state index in [1.807, 2.05) is 24.3 Å². The average molecular weight is 513 g/mol. The Labute approximate surface area is 219 Å². The molecule has 1 aromatic rings. The number of nitrogens with one attached hydrogen (secondary N) is 1. The normalized spacial score (nSPS) is 27.8. The Morgan fingerprint density at radius 1 is 1.08 bits per heavy atom. The monoisotopic (exact) mass is 512 g/mol. The van der Waals surface area contributed by atoms with E-state index in [-0.39, 0.29) is 36.7 Å². The fourth-order valence-corrected chi connectivity index (χ4v) is 6.48. The second kappa shape index (κ2) is 11.5. The number of fused-ring (bicyclic) bond motifs is 1. The van der Waals surface area contributed by atoms with E-state index in [1.54, 1.807) is 0 Å². The van der Waals surface area contributed by atoms with Crippen LogP contribution in [0.15, 0.2) is 24.3 Å². The molecule has 2 N–H and O–H groups in total. The first-order valence-corrected chi connectivity index (χ1v) is 14.0. The Morgan fingerprint density at radius 2 is 1.78 bits per heavy atom. The summed E-state index contributed by atoms with van der Waals surface area (Å²) in [4.78, 5) is 45.8. The van der Waals surface area contributed by atoms with Crippen LogP contribution in [0, 0.1) is 5.92 Å². The summed E-state index contributed by atoms with van der Waals surface area (Å²) in [5, 5.41) is 13.4. The van der Waals surface area contributed by atoms with E-state index in [4.69, 9.17) is 4.74 Å². The van der Waals surface area contributed by atoms with Gasteiger partial charge in [-0.15, -0.1) is 0 Å². The summed E-state index contributed by atoms with van der Waals surface area (Å²) in [7, 11) is 0. The van der Waals surface area contributed by atoms with Gasteiger partial charge >= 0.3 is 0 Å². The van der Waals surface area contributed by atoms with Gasteiger partial charge in [-0.2, -0.15) is 0 Å². The molecule has 4 fully saturated rings. The number of hydrogen-bond acceptors (Lipinski definition) is 7. The minimum Gasteiger partial charge on any atom is -0.388 e. The average Bonchev–Trinajstić information content (AvgIpc) is 3.48. The molecular formula is C28H40N4O5. The summed E-state index contributed by atoms with van der Waals surface area (Å²) in [5.74, 6) is -0.743. The highest BCUT2D eigenvalue weighted by Gasteiger charge is 2.53. The van der Waals surface area contributed by atoms with Gasteiger partial charge in [0, 0.05) is 37.4 Å². The maximum atomic E-state index is 13.8. The van der Waals surface area contributed by atoms with Crippen LogP contribution in [-0.4, -0.2) is 103 Å². The van der Waals surface area contributed by atoms with Gasteiger partial charge in [0.05, 0.1) is 6.54 Å². The Bertz CT molecular complexity index is 971. The molecule has 9 nitrogen and oxygen atoms in total. The fourth-order valence-electron chi connectivity index (χ4n) is 6.48. The highest BCUT2D eigenvalue weighted by Crippen LogP contribution is 2.32. The second-order valence-electron chi connectivity index (χ2n) is 11.0. The zero-order valence-corrected chi connectivity index (χ0v) is 21.8. The number of anilines is 1. The summed E-state index contributed by atoms with van der Waals surface area (Å²) in [6.45, 7) is 7.33. The smallest absolute Gasteiger partial charge is 0.251 e. The number of benzene rings is 1. The molecule has 0 unspecified atom stereocenters. The van der Waals surface area contributed by atoms with Gasteiger partial charge in [0.15, 0.2) is 5.78 Å². The zero-order chi connectivity index (χ0) is 25.9. The number of ether oxygens (including phenoxy) is 1. The van der Waals surface area contributed by atoms with Crippen molar-refractivity contribution in [2.45, 2.75) is 69.7 Å². The van der Waals surface area contributed by atoms with Crippen LogP contribution in [0.25, 0.3) is 0 Å². The summed E-state index contributed by atoms with van der Waals surface area (Å²) in [6.07, 6.45) is 4.47. The van der Waals surface area contributed by atoms with Crippen LogP contribution in [0.5, 0.6) is 0 Å². The molecule has 37 heavy (non-hydrogen) atoms. The second-order valence-corrected chi connectivity index (χ2v) is 11.0. The van der Waals surface area contributed by atoms with Gasteiger partial charge in [0.25, 0.3) is 5.91 Å². The number of likely N-dealkylation sites (tertiary alicyclic amines) is 1. The standard InChI is InChI=1S/C28H40N4O5/c1-2-12-30-13-15-31(16-14-30)21-10-8-20(9-11-21)27(35)29-24(19-6-4-3-5-7-19)28(36)32-17-22(33)26-25(32)23(34)18-37-26/h8-11,19,22,24-26,33H,2-7,12-18H2,1H3,(H,29,35)/t22-,24-,25+,26+/m0/s1. The lowest BCUT2D eigenvalue weighted by atomic mass is 9.83. The van der Waals surface area contributed by atoms with Crippen molar-refractivity contribution in [1.29, 1.82) is 0 Å². The molecule has 202 valence electrons. The largest absolute Gasteiger partial charge is 0.388 e. The Kier molecular flexibility index (Phi) is 8.12. The van der Waals surface area contributed by atoms with Crippen molar-refractivity contribution in [2.75, 3.05) is 50.8 Å². The van der Waals surface area contributed by atoms with Crippen molar-refractivity contribution >= 4 is 23.3 Å². The van der Waals surface area contributed by atoms with E-state index in [9.17, 15) is 19.5 Å². The molecule has 4 atom stereocenters. The first-order valence-electron chi connectivity index (χ1n) is 14.0. The van der Waals surface area contributed by atoms with Gasteiger partial charge in [-0.05, 0) is 56.0 Å². The minimum atomic E-state index is -0.889. The summed E-state index contributed by atoms with van der Waals surface area (Å²) < 4.78 is 5.45. The molecule has 3 heterocycles. The van der Waals surface area contributed by atoms with Gasteiger partial charge in [-0.25, -0.2) is 0 Å². The molecule has 0 spiro atoms. The van der Waals surface area contributed by atoms with Gasteiger partial charge in [0.2, 0.25) is 5.91 Å². The van der Waals surface area contributed by atoms with Crippen molar-refractivity contribution in [3.8, 4) is 0 Å². The Morgan fingerprint density at radius 3 is 2.46 bits per heavy atom. The number of piperazine rings is 1. The minimum absolute atomic E-state index is 0.0116. The van der Waals surface area contributed by atoms with Crippen molar-refractivity contribution in [3.63, 3.8) is 0 Å². The van der Waals surface area contributed by atoms with E-state index in [1.165, 1.54) is 4.90 Å². The van der Waals surface area contributed by atoms with Crippen LogP contribution in [-0.2, 0) is 14.3 Å². The van der Waals surface area contributed by atoms with Gasteiger partial charge in [0.1, 0.15) is 30.9 Å². The highest BCUT2D eigenvalue weighted by molar-refractivity contribution is 5.99. The predicted octanol–water partition coefficient (Wildman–Crippen LogP) is 1.44. The third-order valence-corrected chi connectivity index (χ3v) is 8.52. The maximum Gasteiger partial charge on any atom is 0.251 e. The molecule has 0 bridgehead atoms. The van der Waals surface area contributed by atoms with Gasteiger partial charge < -0.3 is 25.0 Å². The molecule has 0 aromatic heterocycles. The number of nitrogens with zero attached hydrogens (tertiary/aromatic N) is 3. The lowest BCUT2D eigenvalue weighted by Crippen LogP contribution is -2.55. The number of hydrogen-bond donors (Lipinski definition) is 2. The van der Waals surface area contributed by atoms with E-state index in [2.05, 4.69) is 22.0 Å². The fraction of sp³-hybridized carbons (Fsp3) is 0.679. The topological polar surface area (TPSA) is 102 Å². The number of carbonyl (C=O) groups excluding carboxylic acids is 3. The predicted molar refractivity (Wildman–Crippen MR) is 139 cm³/mol. The third-order valence-electron chi connectivity index (χ3n) is 8.52. The highest BCUT2D eigenvalue weighted by atomic mass is 16.5. The molecule has 1 saturated carbocycles. The van der Waals surface area contributed by atoms with Crippen LogP contribution in [0.4, 0.5) is 5.69 Å². The Hall–Kier alpha value is -2.49. The first kappa shape index (κ1) is 26.1. The quantitative estimate of drug-likeness (QED) is 0.570. The SMILES string of the molecule is CCCN1CCN(c2ccc(C(=O)N[C@H](C(=O)N3C[C@H](O)[C@H]4OCC(=O)[C@H]43)C3CCCCC3)cc2)CC1. The molecule has 1 aliphatic carbocycles. The molecule has 5 rings (SSSR count). The van der Waals surface area contributed by atoms with Gasteiger partial charge in [-0.3, -0.25) is 19.3 Å². The summed E-state index contributed by atoms with van der Waals surface area (Å²) in [6, 6.07) is 6.14. The summed E-state index contributed by atoms with van der Waals surface area (Å²) in [5.41, 5.74) is 1.62. The lowest BCUT2D eigenvalue weighted by molar-refractivity contribution is -0.139. The van der Waals surface area contributed by atoms with Crippen LogP contribution >= 0.6 is 0 Å². The molecule has 1 aromatic carbocycles. The van der Waals surface area contributed by atoms with E-state index >= 15 is 0 Å². The van der Waals surface area contributed by atoms with Crippen LogP contribution in [0.3, 0.4) is 0 Å². The molecule has 4 aliphatic rings. The summed E-state index contributed by atoms with van der Waals surface area (Å²) >= 11 is 0. The lowest BCUT2D eigenvalue weighted by Gasteiger charge is -2.36. The number of aliphatic hydroxyl groups excluding tert-OH is 1. The molecular weight excluding hydrogens is 472 g/mol. The van der Waals surface area contributed by atoms with Crippen LogP contribution < -0.4 is 10.2 Å². The van der Waals surface area contributed by atoms with Crippen LogP contribution in [0.2, 0.25) is 0 Å². The van der Waals surface area contributed by atoms with Gasteiger partial charge in [-0.1, -0.05) is 26.2 Å². The van der Waals surface area contributed by atoms with Crippen molar-refractivity contribution in [2.24, 2.45) is 5.92 Å². The van der Waals surface area contributed by atoms with E-state index in [0.717, 1.165) is 76.9 Å². The van der Waals surface area contributed by atoms with E-state index < -0.39 is 24.3 Å². The number of aliphatic hydroxyl groups is 1. The molecule has 2 amide bonds. The molecule has 3 saturated heterocycles. The van der Waals surface area contributed by atoms with Crippen molar-refractivity contribution < 1.29 is 24.2 Å². The van der Waals surface area contributed by atoms with Crippen molar-refractivity contribution in [3.05, 3.63) is 29.8 Å². The Balaban J connectivity index is 1.27. The third kappa shape index (κ3) is 5.54. The number of Topliss-reactive ketones (excluding diaryl/α,β-unsaturated/α-hetero) is 1. The number of carbonyl (C=O) groups is 3. The maximum absolute atomic E-state index is 13.8. The zero-order valence-electron chi connectivity index (χ0n) is 21.8. The number of amides is 2. The number of rotatable bonds is 7. The first-order chi connectivity index (χ1) is 18.0. The van der Waals surface area contributed by atoms with Crippen molar-refractivity contribution in [1.82, 2.24) is 15.1 Å². The number of ketones is 1. The van der Waals surface area contributed by atoms with Crippen LogP contribution in [0.1, 0.15) is 55.8 Å². The molecule has 3 aliphatic heterocycles. The van der Waals surface area contributed by atoms with E-state index in [0.29, 0.717) is 5.56 Å². The molecule has 9 heteroatoms. The molecule has 0 radical (unpaired) electrons. The number of β-amino-alcohol motifs (C(OH)–C–C–N with tert-alkyl or cyclic N) is 1.